The summed E-state index contributed by atoms with van der Waals surface area (Å²) in [5.74, 6) is 1.69. The first-order valence-corrected chi connectivity index (χ1v) is 9.33. The molecule has 4 aromatic rings. The van der Waals surface area contributed by atoms with Gasteiger partial charge in [0.2, 0.25) is 5.89 Å². The quantitative estimate of drug-likeness (QED) is 0.478. The molecule has 0 fully saturated rings. The molecule has 5 nitrogen and oxygen atoms in total. The molecule has 0 unspecified atom stereocenters. The fourth-order valence-corrected chi connectivity index (χ4v) is 3.76. The van der Waals surface area contributed by atoms with Gasteiger partial charge in [0.05, 0.1) is 10.6 Å². The highest BCUT2D eigenvalue weighted by molar-refractivity contribution is 7.98. The maximum atomic E-state index is 13.1. The highest BCUT2D eigenvalue weighted by Gasteiger charge is 2.13. The van der Waals surface area contributed by atoms with E-state index in [1.54, 1.807) is 29.7 Å². The van der Waals surface area contributed by atoms with Crippen LogP contribution in [0.3, 0.4) is 0 Å². The maximum absolute atomic E-state index is 13.1. The molecule has 0 amide bonds. The molecule has 0 N–H and O–H groups in total. The van der Waals surface area contributed by atoms with Crippen molar-refractivity contribution in [3.8, 4) is 22.2 Å². The molecule has 8 heteroatoms. The first-order chi connectivity index (χ1) is 12.2. The van der Waals surface area contributed by atoms with Gasteiger partial charge >= 0.3 is 0 Å². The molecule has 25 heavy (non-hydrogen) atoms. The minimum atomic E-state index is -0.270. The Morgan fingerprint density at radius 1 is 1.20 bits per heavy atom. The predicted octanol–water partition coefficient (Wildman–Crippen LogP) is 4.63. The van der Waals surface area contributed by atoms with Gasteiger partial charge in [0.1, 0.15) is 12.1 Å². The van der Waals surface area contributed by atoms with Crippen LogP contribution in [0.15, 0.2) is 57.6 Å². The molecule has 0 radical (unpaired) electrons. The SMILES string of the molecule is Cn1c(SCc2coc(-c3cccs3)n2)nnc1-c1ccc(F)cc1. The number of nitrogens with zero attached hydrogens (tertiary/aromatic N) is 4. The van der Waals surface area contributed by atoms with E-state index >= 15 is 0 Å². The van der Waals surface area contributed by atoms with Gasteiger partial charge in [-0.1, -0.05) is 17.8 Å². The fraction of sp³-hybridized carbons (Fsp3) is 0.118. The lowest BCUT2D eigenvalue weighted by Crippen LogP contribution is -1.95. The molecule has 0 saturated heterocycles. The van der Waals surface area contributed by atoms with Crippen molar-refractivity contribution in [1.29, 1.82) is 0 Å². The van der Waals surface area contributed by atoms with E-state index in [2.05, 4.69) is 15.2 Å². The van der Waals surface area contributed by atoms with Gasteiger partial charge in [0, 0.05) is 18.4 Å². The zero-order valence-corrected chi connectivity index (χ0v) is 14.9. The van der Waals surface area contributed by atoms with Crippen LogP contribution >= 0.6 is 23.1 Å². The van der Waals surface area contributed by atoms with Crippen LogP contribution in [-0.4, -0.2) is 19.7 Å². The maximum Gasteiger partial charge on any atom is 0.236 e. The molecule has 0 aliphatic heterocycles. The largest absolute Gasteiger partial charge is 0.444 e. The summed E-state index contributed by atoms with van der Waals surface area (Å²) < 4.78 is 20.5. The van der Waals surface area contributed by atoms with Gasteiger partial charge in [-0.3, -0.25) is 0 Å². The van der Waals surface area contributed by atoms with Crippen LogP contribution in [0.1, 0.15) is 5.69 Å². The van der Waals surface area contributed by atoms with Gasteiger partial charge in [-0.15, -0.1) is 21.5 Å². The van der Waals surface area contributed by atoms with Crippen LogP contribution in [-0.2, 0) is 12.8 Å². The van der Waals surface area contributed by atoms with Crippen LogP contribution in [0.25, 0.3) is 22.2 Å². The number of hydrogen-bond donors (Lipinski definition) is 0. The summed E-state index contributed by atoms with van der Waals surface area (Å²) in [6.45, 7) is 0. The first-order valence-electron chi connectivity index (χ1n) is 7.47. The third-order valence-corrected chi connectivity index (χ3v) is 5.48. The summed E-state index contributed by atoms with van der Waals surface area (Å²) in [6, 6.07) is 10.2. The van der Waals surface area contributed by atoms with E-state index in [0.29, 0.717) is 17.5 Å². The van der Waals surface area contributed by atoms with Crippen molar-refractivity contribution in [1.82, 2.24) is 19.7 Å². The van der Waals surface area contributed by atoms with E-state index in [0.717, 1.165) is 21.3 Å². The second-order valence-electron chi connectivity index (χ2n) is 5.28. The lowest BCUT2D eigenvalue weighted by molar-refractivity contribution is 0.575. The number of rotatable bonds is 5. The molecule has 0 spiro atoms. The topological polar surface area (TPSA) is 56.7 Å². The Morgan fingerprint density at radius 3 is 2.80 bits per heavy atom. The van der Waals surface area contributed by atoms with E-state index < -0.39 is 0 Å². The molecule has 1 aromatic carbocycles. The van der Waals surface area contributed by atoms with Crippen LogP contribution in [0, 0.1) is 5.82 Å². The van der Waals surface area contributed by atoms with Gasteiger partial charge in [-0.2, -0.15) is 0 Å². The minimum Gasteiger partial charge on any atom is -0.444 e. The molecular weight excluding hydrogens is 359 g/mol. The minimum absolute atomic E-state index is 0.270. The third-order valence-electron chi connectivity index (χ3n) is 3.57. The van der Waals surface area contributed by atoms with Crippen molar-refractivity contribution in [2.24, 2.45) is 7.05 Å². The zero-order chi connectivity index (χ0) is 17.2. The monoisotopic (exact) mass is 372 g/mol. The molecule has 4 rings (SSSR count). The second-order valence-corrected chi connectivity index (χ2v) is 7.17. The highest BCUT2D eigenvalue weighted by Crippen LogP contribution is 2.28. The molecular formula is C17H13FN4OS2. The van der Waals surface area contributed by atoms with Crippen molar-refractivity contribution in [2.75, 3.05) is 0 Å². The Labute approximate surface area is 151 Å². The van der Waals surface area contributed by atoms with Crippen molar-refractivity contribution >= 4 is 23.1 Å². The van der Waals surface area contributed by atoms with Crippen LogP contribution in [0.2, 0.25) is 0 Å². The van der Waals surface area contributed by atoms with E-state index in [-0.39, 0.29) is 5.82 Å². The number of aromatic nitrogens is 4. The normalized spacial score (nSPS) is 11.1. The van der Waals surface area contributed by atoms with Crippen molar-refractivity contribution in [3.63, 3.8) is 0 Å². The Balaban J connectivity index is 1.48. The number of thiophene rings is 1. The van der Waals surface area contributed by atoms with Crippen LogP contribution in [0.5, 0.6) is 0 Å². The van der Waals surface area contributed by atoms with E-state index in [1.807, 2.05) is 29.1 Å². The lowest BCUT2D eigenvalue weighted by Gasteiger charge is -2.03. The number of hydrogen-bond acceptors (Lipinski definition) is 6. The fourth-order valence-electron chi connectivity index (χ4n) is 2.32. The summed E-state index contributed by atoms with van der Waals surface area (Å²) >= 11 is 3.12. The van der Waals surface area contributed by atoms with Gasteiger partial charge in [0.25, 0.3) is 0 Å². The molecule has 126 valence electrons. The van der Waals surface area contributed by atoms with Crippen molar-refractivity contribution in [3.05, 3.63) is 59.6 Å². The van der Waals surface area contributed by atoms with Gasteiger partial charge in [-0.25, -0.2) is 9.37 Å². The molecule has 0 atom stereocenters. The van der Waals surface area contributed by atoms with Crippen LogP contribution in [0.4, 0.5) is 4.39 Å². The Morgan fingerprint density at radius 2 is 2.04 bits per heavy atom. The lowest BCUT2D eigenvalue weighted by atomic mass is 10.2. The molecule has 3 heterocycles. The summed E-state index contributed by atoms with van der Waals surface area (Å²) in [6.07, 6.45) is 1.67. The molecule has 0 bridgehead atoms. The van der Waals surface area contributed by atoms with Gasteiger partial charge in [-0.05, 0) is 35.7 Å². The van der Waals surface area contributed by atoms with Gasteiger partial charge in [0.15, 0.2) is 11.0 Å². The number of halogens is 1. The summed E-state index contributed by atoms with van der Waals surface area (Å²) in [4.78, 5) is 5.50. The first kappa shape index (κ1) is 16.0. The Kier molecular flexibility index (Phi) is 4.37. The zero-order valence-electron chi connectivity index (χ0n) is 13.2. The van der Waals surface area contributed by atoms with E-state index in [9.17, 15) is 4.39 Å². The van der Waals surface area contributed by atoms with Gasteiger partial charge < -0.3 is 8.98 Å². The number of thioether (sulfide) groups is 1. The van der Waals surface area contributed by atoms with E-state index in [1.165, 1.54) is 23.9 Å². The summed E-state index contributed by atoms with van der Waals surface area (Å²) in [5, 5.41) is 11.2. The smallest absolute Gasteiger partial charge is 0.236 e. The third kappa shape index (κ3) is 3.35. The molecule has 0 saturated carbocycles. The standard InChI is InChI=1S/C17H13FN4OS2/c1-22-15(11-4-6-12(18)7-5-11)20-21-17(22)25-10-13-9-23-16(19-13)14-3-2-8-24-14/h2-9H,10H2,1H3. The summed E-state index contributed by atoms with van der Waals surface area (Å²) in [7, 11) is 1.89. The molecule has 0 aliphatic carbocycles. The van der Waals surface area contributed by atoms with E-state index in [4.69, 9.17) is 4.42 Å². The van der Waals surface area contributed by atoms with Crippen molar-refractivity contribution in [2.45, 2.75) is 10.9 Å². The average molecular weight is 372 g/mol. The number of oxazole rings is 1. The average Bonchev–Trinajstić information content (AvgIpc) is 3.35. The summed E-state index contributed by atoms with van der Waals surface area (Å²) in [5.41, 5.74) is 1.67. The Bertz CT molecular complexity index is 977. The molecule has 0 aliphatic rings. The highest BCUT2D eigenvalue weighted by atomic mass is 32.2. The van der Waals surface area contributed by atoms with Crippen molar-refractivity contribution < 1.29 is 8.81 Å². The predicted molar refractivity (Wildman–Crippen MR) is 95.8 cm³/mol. The van der Waals surface area contributed by atoms with Crippen LogP contribution < -0.4 is 0 Å². The Hall–Kier alpha value is -2.45. The second kappa shape index (κ2) is 6.81. The molecule has 3 aromatic heterocycles. The number of benzene rings is 1.